The average Bonchev–Trinajstić information content (AvgIpc) is 3.20. The van der Waals surface area contributed by atoms with Crippen LogP contribution in [0.2, 0.25) is 0 Å². The van der Waals surface area contributed by atoms with Gasteiger partial charge in [-0.05, 0) is 104 Å². The maximum atomic E-state index is 14.0. The zero-order valence-electron chi connectivity index (χ0n) is 31.6. The van der Waals surface area contributed by atoms with Gasteiger partial charge in [0.1, 0.15) is 11.5 Å². The first-order valence-electron chi connectivity index (χ1n) is 18.5. The third-order valence-electron chi connectivity index (χ3n) is 9.17. The number of rotatable bonds is 16. The molecule has 1 saturated heterocycles. The molecule has 0 spiro atoms. The minimum Gasteiger partial charge on any atom is -0.494 e. The summed E-state index contributed by atoms with van der Waals surface area (Å²) < 4.78 is 81.8. The zero-order chi connectivity index (χ0) is 40.4. The summed E-state index contributed by atoms with van der Waals surface area (Å²) in [4.78, 5) is 22.2. The second-order valence-electron chi connectivity index (χ2n) is 13.2. The number of amides is 1. The Morgan fingerprint density at radius 3 is 2.23 bits per heavy atom. The van der Waals surface area contributed by atoms with Gasteiger partial charge in [0.25, 0.3) is 15.9 Å². The Morgan fingerprint density at radius 2 is 1.53 bits per heavy atom. The third kappa shape index (κ3) is 11.2. The van der Waals surface area contributed by atoms with Crippen molar-refractivity contribution in [3.63, 3.8) is 0 Å². The van der Waals surface area contributed by atoms with Crippen molar-refractivity contribution in [1.82, 2.24) is 14.6 Å². The molecule has 0 radical (unpaired) electrons. The van der Waals surface area contributed by atoms with Crippen molar-refractivity contribution in [2.24, 2.45) is 0 Å². The molecule has 6 rings (SSSR count). The summed E-state index contributed by atoms with van der Waals surface area (Å²) in [5.41, 5.74) is 2.55. The number of alkyl halides is 3. The molecule has 0 aliphatic carbocycles. The number of nitrogens with one attached hydrogen (secondary N) is 2. The van der Waals surface area contributed by atoms with Crippen LogP contribution < -0.4 is 24.4 Å². The molecule has 1 aliphatic heterocycles. The van der Waals surface area contributed by atoms with E-state index in [1.54, 1.807) is 18.3 Å². The quantitative estimate of drug-likeness (QED) is 0.0747. The van der Waals surface area contributed by atoms with Gasteiger partial charge in [0.2, 0.25) is 0 Å². The van der Waals surface area contributed by atoms with Crippen LogP contribution in [0.25, 0.3) is 11.1 Å². The van der Waals surface area contributed by atoms with E-state index in [1.165, 1.54) is 23.9 Å². The number of carbonyl (C=O) groups is 1. The molecule has 5 aromatic rings. The smallest absolute Gasteiger partial charge is 0.418 e. The van der Waals surface area contributed by atoms with Crippen LogP contribution in [0, 0.1) is 0 Å². The topological polar surface area (TPSA) is 113 Å². The molecule has 1 fully saturated rings. The Morgan fingerprint density at radius 1 is 0.825 bits per heavy atom. The van der Waals surface area contributed by atoms with Crippen molar-refractivity contribution in [3.05, 3.63) is 126 Å². The summed E-state index contributed by atoms with van der Waals surface area (Å²) >= 11 is 1.48. The predicted octanol–water partition coefficient (Wildman–Crippen LogP) is 8.21. The van der Waals surface area contributed by atoms with Crippen molar-refractivity contribution in [1.29, 1.82) is 0 Å². The molecule has 10 nitrogen and oxygen atoms in total. The number of ether oxygens (including phenoxy) is 2. The Hall–Kier alpha value is -5.25. The minimum absolute atomic E-state index is 0.0539. The minimum atomic E-state index is -4.83. The van der Waals surface area contributed by atoms with Crippen LogP contribution in [0.15, 0.2) is 119 Å². The first-order valence-corrected chi connectivity index (χ1v) is 21.0. The lowest BCUT2D eigenvalue weighted by molar-refractivity contribution is -0.137. The van der Waals surface area contributed by atoms with E-state index in [4.69, 9.17) is 9.47 Å². The lowest BCUT2D eigenvalue weighted by Crippen LogP contribution is -2.46. The number of pyridine rings is 1. The lowest BCUT2D eigenvalue weighted by Gasteiger charge is -2.36. The fraction of sp³-hybridized carbons (Fsp3) is 0.286. The summed E-state index contributed by atoms with van der Waals surface area (Å²) in [6.45, 7) is 8.89. The highest BCUT2D eigenvalue weighted by atomic mass is 32.2. The number of piperazine rings is 1. The molecule has 1 aliphatic rings. The number of nitrogens with zero attached hydrogens (tertiary/aromatic N) is 3. The van der Waals surface area contributed by atoms with Crippen LogP contribution in [0.5, 0.6) is 11.5 Å². The van der Waals surface area contributed by atoms with E-state index in [1.807, 2.05) is 67.2 Å². The second-order valence-corrected chi connectivity index (χ2v) is 16.0. The van der Waals surface area contributed by atoms with Gasteiger partial charge in [0.05, 0.1) is 29.9 Å². The predicted molar refractivity (Wildman–Crippen MR) is 218 cm³/mol. The lowest BCUT2D eigenvalue weighted by atomic mass is 10.0. The Kier molecular flexibility index (Phi) is 13.6. The molecule has 1 aromatic heterocycles. The summed E-state index contributed by atoms with van der Waals surface area (Å²) in [5.74, 6) is 1.02. The van der Waals surface area contributed by atoms with Crippen LogP contribution in [-0.2, 0) is 22.7 Å². The van der Waals surface area contributed by atoms with Crippen molar-refractivity contribution >= 4 is 39.1 Å². The van der Waals surface area contributed by atoms with Gasteiger partial charge in [0.15, 0.2) is 0 Å². The second kappa shape index (κ2) is 18.8. The molecular weight excluding hydrogens is 776 g/mol. The van der Waals surface area contributed by atoms with Crippen LogP contribution in [0.3, 0.4) is 0 Å². The van der Waals surface area contributed by atoms with Crippen LogP contribution in [-0.4, -0.2) is 75.9 Å². The van der Waals surface area contributed by atoms with E-state index in [0.717, 1.165) is 71.3 Å². The molecule has 57 heavy (non-hydrogen) atoms. The fourth-order valence-electron chi connectivity index (χ4n) is 6.43. The molecule has 300 valence electrons. The highest BCUT2D eigenvalue weighted by Crippen LogP contribution is 2.37. The van der Waals surface area contributed by atoms with Crippen molar-refractivity contribution in [3.8, 4) is 22.6 Å². The van der Waals surface area contributed by atoms with Crippen molar-refractivity contribution < 1.29 is 35.9 Å². The van der Waals surface area contributed by atoms with E-state index in [9.17, 15) is 26.4 Å². The highest BCUT2D eigenvalue weighted by Gasteiger charge is 2.35. The number of sulfonamides is 1. The number of aromatic nitrogens is 1. The number of carbonyl (C=O) groups excluding carboxylic acids is 1. The van der Waals surface area contributed by atoms with E-state index >= 15 is 0 Å². The molecule has 4 aromatic carbocycles. The maximum absolute atomic E-state index is 14.0. The van der Waals surface area contributed by atoms with Gasteiger partial charge in [-0.1, -0.05) is 18.2 Å². The van der Waals surface area contributed by atoms with E-state index < -0.39 is 32.6 Å². The molecule has 2 N–H and O–H groups in total. The van der Waals surface area contributed by atoms with E-state index in [2.05, 4.69) is 32.2 Å². The first kappa shape index (κ1) is 41.4. The SMILES string of the molecule is CCOc1cncc(-c2cc(CN3CCN(c4ccc(C(=O)NS(=O)(=O)c5ccc(NCCSc6ccccc6)c(C(F)(F)F)c5)cc4)CC3)cc(OCC)c2)c1. The number of hydrogen-bond donors (Lipinski definition) is 2. The first-order chi connectivity index (χ1) is 27.4. The summed E-state index contributed by atoms with van der Waals surface area (Å²) in [6.07, 6.45) is -1.33. The molecule has 0 unspecified atom stereocenters. The van der Waals surface area contributed by atoms with Gasteiger partial charge >= 0.3 is 6.18 Å². The standard InChI is InChI=1S/C42H44F3N5O5S2/c1-3-54-35-23-30(22-32(24-35)33-25-36(55-4-2)28-46-27-33)29-49-17-19-50(20-18-49)34-12-10-31(11-13-34)41(51)48-57(52,53)38-14-15-40(39(26-38)42(43,44)45)47-16-21-56-37-8-6-5-7-9-37/h5-15,22-28,47H,3-4,16-21,29H2,1-2H3,(H,48,51). The summed E-state index contributed by atoms with van der Waals surface area (Å²) in [6, 6.07) is 26.7. The number of thioether (sulfide) groups is 1. The van der Waals surface area contributed by atoms with Crippen LogP contribution >= 0.6 is 11.8 Å². The fourth-order valence-corrected chi connectivity index (χ4v) is 8.22. The van der Waals surface area contributed by atoms with Gasteiger partial charge < -0.3 is 19.7 Å². The third-order valence-corrected chi connectivity index (χ3v) is 11.5. The van der Waals surface area contributed by atoms with Gasteiger partial charge in [0, 0.05) is 78.6 Å². The molecule has 0 bridgehead atoms. The maximum Gasteiger partial charge on any atom is 0.418 e. The van der Waals surface area contributed by atoms with Gasteiger partial charge in [-0.15, -0.1) is 11.8 Å². The molecule has 0 atom stereocenters. The normalized spacial score (nSPS) is 13.6. The van der Waals surface area contributed by atoms with Crippen molar-refractivity contribution in [2.75, 3.05) is 61.9 Å². The Bertz CT molecular complexity index is 2240. The molecular formula is C42H44F3N5O5S2. The summed E-state index contributed by atoms with van der Waals surface area (Å²) in [7, 11) is -4.62. The number of anilines is 2. The monoisotopic (exact) mass is 819 g/mol. The van der Waals surface area contributed by atoms with Crippen LogP contribution in [0.4, 0.5) is 24.5 Å². The Balaban J connectivity index is 1.04. The number of benzene rings is 4. The zero-order valence-corrected chi connectivity index (χ0v) is 33.2. The highest BCUT2D eigenvalue weighted by molar-refractivity contribution is 7.99. The molecule has 1 amide bonds. The van der Waals surface area contributed by atoms with Gasteiger partial charge in [-0.3, -0.25) is 14.7 Å². The Labute approximate surface area is 335 Å². The molecule has 0 saturated carbocycles. The number of hydrogen-bond acceptors (Lipinski definition) is 10. The average molecular weight is 820 g/mol. The molecule has 2 heterocycles. The van der Waals surface area contributed by atoms with E-state index in [-0.39, 0.29) is 17.8 Å². The van der Waals surface area contributed by atoms with Crippen molar-refractivity contribution in [2.45, 2.75) is 36.4 Å². The summed E-state index contributed by atoms with van der Waals surface area (Å²) in [5, 5.41) is 2.76. The van der Waals surface area contributed by atoms with E-state index in [0.29, 0.717) is 37.3 Å². The number of halogens is 3. The largest absolute Gasteiger partial charge is 0.494 e. The van der Waals surface area contributed by atoms with Crippen LogP contribution in [0.1, 0.15) is 35.3 Å². The molecule has 15 heteroatoms. The van der Waals surface area contributed by atoms with Gasteiger partial charge in [-0.2, -0.15) is 13.2 Å². The van der Waals surface area contributed by atoms with Gasteiger partial charge in [-0.25, -0.2) is 13.1 Å².